The van der Waals surface area contributed by atoms with Crippen LogP contribution < -0.4 is 11.3 Å². The number of nitrogens with one attached hydrogen (secondary N) is 1. The quantitative estimate of drug-likeness (QED) is 0.521. The maximum absolute atomic E-state index is 13.2. The van der Waals surface area contributed by atoms with Gasteiger partial charge in [0.2, 0.25) is 0 Å². The molecule has 0 saturated heterocycles. The minimum Gasteiger partial charge on any atom is -0.271 e. The first-order chi connectivity index (χ1) is 9.81. The van der Waals surface area contributed by atoms with Gasteiger partial charge in [0.05, 0.1) is 17.3 Å². The normalized spacial score (nSPS) is 13.2. The molecule has 1 atom stereocenters. The van der Waals surface area contributed by atoms with E-state index in [4.69, 9.17) is 5.84 Å². The van der Waals surface area contributed by atoms with E-state index in [0.29, 0.717) is 12.3 Å². The van der Waals surface area contributed by atoms with Crippen molar-refractivity contribution in [2.75, 3.05) is 0 Å². The first-order valence-electron chi connectivity index (χ1n) is 5.76. The zero-order chi connectivity index (χ0) is 15.6. The monoisotopic (exact) mass is 303 g/mol. The molecule has 3 N–H and O–H groups in total. The molecule has 1 unspecified atom stereocenters. The van der Waals surface area contributed by atoms with Crippen LogP contribution in [0.5, 0.6) is 0 Å². The van der Waals surface area contributed by atoms with Crippen molar-refractivity contribution in [1.82, 2.24) is 10.4 Å². The summed E-state index contributed by atoms with van der Waals surface area (Å²) in [5.41, 5.74) is 1.57. The minimum atomic E-state index is -4.51. The molecule has 0 fully saturated rings. The first kappa shape index (κ1) is 15.3. The number of hydrogen-bond acceptors (Lipinski definition) is 3. The number of aromatic nitrogens is 1. The van der Waals surface area contributed by atoms with E-state index in [1.54, 1.807) is 0 Å². The van der Waals surface area contributed by atoms with Crippen molar-refractivity contribution in [2.24, 2.45) is 5.84 Å². The second-order valence-corrected chi connectivity index (χ2v) is 4.27. The number of alkyl halides is 3. The Morgan fingerprint density at radius 1 is 1.05 bits per heavy atom. The molecular weight excluding hydrogens is 293 g/mol. The van der Waals surface area contributed by atoms with E-state index in [1.165, 1.54) is 0 Å². The molecule has 8 heteroatoms. The Morgan fingerprint density at radius 3 is 2.10 bits per heavy atom. The fraction of sp³-hybridized carbons (Fsp3) is 0.154. The average Bonchev–Trinajstić information content (AvgIpc) is 2.38. The van der Waals surface area contributed by atoms with Crippen LogP contribution in [0.25, 0.3) is 0 Å². The second kappa shape index (κ2) is 5.74. The zero-order valence-electron chi connectivity index (χ0n) is 10.5. The third kappa shape index (κ3) is 3.53. The predicted molar refractivity (Wildman–Crippen MR) is 64.8 cm³/mol. The maximum atomic E-state index is 13.2. The summed E-state index contributed by atoms with van der Waals surface area (Å²) in [6.45, 7) is 0. The van der Waals surface area contributed by atoms with Crippen LogP contribution in [-0.4, -0.2) is 4.98 Å². The molecule has 0 spiro atoms. The summed E-state index contributed by atoms with van der Waals surface area (Å²) in [6, 6.07) is 3.70. The summed E-state index contributed by atoms with van der Waals surface area (Å²) < 4.78 is 63.7. The Hall–Kier alpha value is -2.06. The van der Waals surface area contributed by atoms with E-state index in [9.17, 15) is 22.0 Å². The van der Waals surface area contributed by atoms with Crippen LogP contribution in [0.15, 0.2) is 36.5 Å². The van der Waals surface area contributed by atoms with Crippen molar-refractivity contribution in [3.63, 3.8) is 0 Å². The third-order valence-electron chi connectivity index (χ3n) is 2.79. The number of halogens is 5. The number of nitrogens with zero attached hydrogens (tertiary/aromatic N) is 1. The van der Waals surface area contributed by atoms with Crippen LogP contribution in [0.4, 0.5) is 22.0 Å². The molecule has 0 bridgehead atoms. The lowest BCUT2D eigenvalue weighted by atomic mass is 10.0. The van der Waals surface area contributed by atoms with Crippen molar-refractivity contribution >= 4 is 0 Å². The van der Waals surface area contributed by atoms with Gasteiger partial charge in [0.15, 0.2) is 0 Å². The van der Waals surface area contributed by atoms with Gasteiger partial charge in [-0.2, -0.15) is 13.2 Å². The minimum absolute atomic E-state index is 0.107. The van der Waals surface area contributed by atoms with Crippen LogP contribution in [-0.2, 0) is 6.18 Å². The largest absolute Gasteiger partial charge is 0.417 e. The van der Waals surface area contributed by atoms with Gasteiger partial charge < -0.3 is 0 Å². The van der Waals surface area contributed by atoms with Crippen LogP contribution in [0.2, 0.25) is 0 Å². The molecule has 2 aromatic rings. The highest BCUT2D eigenvalue weighted by Crippen LogP contribution is 2.29. The van der Waals surface area contributed by atoms with Crippen LogP contribution >= 0.6 is 0 Å². The number of nitrogens with two attached hydrogens (primary N) is 1. The summed E-state index contributed by atoms with van der Waals surface area (Å²) in [7, 11) is 0. The number of hydrogen-bond donors (Lipinski definition) is 2. The van der Waals surface area contributed by atoms with Crippen molar-refractivity contribution in [3.05, 3.63) is 65.0 Å². The summed E-state index contributed by atoms with van der Waals surface area (Å²) in [4.78, 5) is 3.64. The van der Waals surface area contributed by atoms with E-state index < -0.39 is 29.4 Å². The zero-order valence-corrected chi connectivity index (χ0v) is 10.5. The van der Waals surface area contributed by atoms with Crippen LogP contribution in [0.3, 0.4) is 0 Å². The van der Waals surface area contributed by atoms with E-state index in [2.05, 4.69) is 10.4 Å². The van der Waals surface area contributed by atoms with Gasteiger partial charge in [-0.25, -0.2) is 14.2 Å². The summed E-state index contributed by atoms with van der Waals surface area (Å²) in [5.74, 6) is 3.66. The average molecular weight is 303 g/mol. The fourth-order valence-corrected chi connectivity index (χ4v) is 1.84. The third-order valence-corrected chi connectivity index (χ3v) is 2.79. The Kier molecular flexibility index (Phi) is 4.19. The van der Waals surface area contributed by atoms with Crippen molar-refractivity contribution < 1.29 is 22.0 Å². The first-order valence-corrected chi connectivity index (χ1v) is 5.76. The molecule has 0 radical (unpaired) electrons. The molecule has 1 heterocycles. The smallest absolute Gasteiger partial charge is 0.271 e. The van der Waals surface area contributed by atoms with Gasteiger partial charge in [0.25, 0.3) is 0 Å². The summed E-state index contributed by atoms with van der Waals surface area (Å²) in [5, 5.41) is 0. The van der Waals surface area contributed by atoms with Gasteiger partial charge in [0, 0.05) is 12.3 Å². The Morgan fingerprint density at radius 2 is 1.67 bits per heavy atom. The van der Waals surface area contributed by atoms with E-state index in [-0.39, 0.29) is 11.3 Å². The van der Waals surface area contributed by atoms with Crippen molar-refractivity contribution in [1.29, 1.82) is 0 Å². The molecule has 0 aliphatic carbocycles. The molecule has 21 heavy (non-hydrogen) atoms. The van der Waals surface area contributed by atoms with Gasteiger partial charge >= 0.3 is 6.18 Å². The van der Waals surface area contributed by atoms with Crippen molar-refractivity contribution in [2.45, 2.75) is 12.2 Å². The SMILES string of the molecule is NNC(c1cc(F)cc(F)c1)c1ccc(C(F)(F)F)cn1. The molecule has 0 aliphatic rings. The lowest BCUT2D eigenvalue weighted by Gasteiger charge is -2.17. The second-order valence-electron chi connectivity index (χ2n) is 4.27. The Bertz CT molecular complexity index is 604. The van der Waals surface area contributed by atoms with Gasteiger partial charge in [0.1, 0.15) is 11.6 Å². The standard InChI is InChI=1S/C13H10F5N3/c14-9-3-7(4-10(15)5-9)12(21-19)11-2-1-8(6-20-11)13(16,17)18/h1-6,12,21H,19H2. The lowest BCUT2D eigenvalue weighted by molar-refractivity contribution is -0.137. The van der Waals surface area contributed by atoms with Crippen LogP contribution in [0, 0.1) is 11.6 Å². The molecule has 1 aromatic carbocycles. The Balaban J connectivity index is 2.37. The maximum Gasteiger partial charge on any atom is 0.417 e. The van der Waals surface area contributed by atoms with Crippen LogP contribution in [0.1, 0.15) is 22.9 Å². The molecule has 0 aliphatic heterocycles. The number of benzene rings is 1. The van der Waals surface area contributed by atoms with E-state index >= 15 is 0 Å². The molecule has 0 saturated carbocycles. The highest BCUT2D eigenvalue weighted by molar-refractivity contribution is 5.30. The molecule has 2 rings (SSSR count). The fourth-order valence-electron chi connectivity index (χ4n) is 1.84. The Labute approximate surface area is 116 Å². The number of pyridine rings is 1. The lowest BCUT2D eigenvalue weighted by Crippen LogP contribution is -2.29. The number of rotatable bonds is 3. The summed E-state index contributed by atoms with van der Waals surface area (Å²) >= 11 is 0. The molecule has 1 aromatic heterocycles. The van der Waals surface area contributed by atoms with E-state index in [1.807, 2.05) is 0 Å². The van der Waals surface area contributed by atoms with E-state index in [0.717, 1.165) is 24.3 Å². The highest BCUT2D eigenvalue weighted by Gasteiger charge is 2.31. The molecule has 112 valence electrons. The molecule has 0 amide bonds. The highest BCUT2D eigenvalue weighted by atomic mass is 19.4. The van der Waals surface area contributed by atoms with Gasteiger partial charge in [-0.15, -0.1) is 0 Å². The van der Waals surface area contributed by atoms with Gasteiger partial charge in [-0.1, -0.05) is 0 Å². The summed E-state index contributed by atoms with van der Waals surface area (Å²) in [6.07, 6.45) is -3.88. The number of hydrazine groups is 1. The van der Waals surface area contributed by atoms with Gasteiger partial charge in [-0.05, 0) is 29.8 Å². The van der Waals surface area contributed by atoms with Crippen molar-refractivity contribution in [3.8, 4) is 0 Å². The molecular formula is C13H10F5N3. The van der Waals surface area contributed by atoms with Gasteiger partial charge in [-0.3, -0.25) is 10.8 Å². The topological polar surface area (TPSA) is 50.9 Å². The molecule has 3 nitrogen and oxygen atoms in total. The predicted octanol–water partition coefficient (Wildman–Crippen LogP) is 2.93.